The van der Waals surface area contributed by atoms with Gasteiger partial charge in [-0.1, -0.05) is 6.07 Å². The Balaban J connectivity index is 1.41. The van der Waals surface area contributed by atoms with E-state index in [2.05, 4.69) is 10.3 Å². The van der Waals surface area contributed by atoms with Gasteiger partial charge in [-0.05, 0) is 43.3 Å². The summed E-state index contributed by atoms with van der Waals surface area (Å²) >= 11 is 0. The van der Waals surface area contributed by atoms with E-state index < -0.39 is 17.5 Å². The Morgan fingerprint density at radius 3 is 2.33 bits per heavy atom. The number of amides is 2. The molecule has 1 N–H and O–H groups in total. The first kappa shape index (κ1) is 26.0. The number of benzene rings is 2. The SMILES string of the molecule is CC(=O)N1CCN(c2nc(C)c3ccc(=O)n(-c4ccc(C(=O)NCc5ccc(F)cc5F)cc4)c3n2)CC1. The van der Waals surface area contributed by atoms with Crippen LogP contribution in [0, 0.1) is 18.6 Å². The number of halogens is 2. The van der Waals surface area contributed by atoms with Gasteiger partial charge in [-0.15, -0.1) is 0 Å². The standard InChI is InChI=1S/C28H26F2N6O3/c1-17-23-9-10-25(38)36(26(23)33-28(32-17)35-13-11-34(12-14-35)18(2)37)22-7-4-19(5-8-22)27(39)31-16-20-3-6-21(29)15-24(20)30/h3-10,15H,11-14,16H2,1-2H3,(H,31,39). The van der Waals surface area contributed by atoms with Crippen molar-refractivity contribution in [3.63, 3.8) is 0 Å². The second-order valence-corrected chi connectivity index (χ2v) is 9.31. The summed E-state index contributed by atoms with van der Waals surface area (Å²) < 4.78 is 28.5. The van der Waals surface area contributed by atoms with Crippen LogP contribution in [0.4, 0.5) is 14.7 Å². The molecule has 200 valence electrons. The number of hydrogen-bond acceptors (Lipinski definition) is 6. The second-order valence-electron chi connectivity index (χ2n) is 9.31. The molecule has 0 saturated carbocycles. The van der Waals surface area contributed by atoms with Crippen LogP contribution in [-0.4, -0.2) is 57.4 Å². The molecule has 0 bridgehead atoms. The molecule has 11 heteroatoms. The fourth-order valence-electron chi connectivity index (χ4n) is 4.57. The number of aromatic nitrogens is 3. The minimum Gasteiger partial charge on any atom is -0.348 e. The van der Waals surface area contributed by atoms with E-state index in [0.717, 1.165) is 12.1 Å². The molecule has 2 amide bonds. The predicted octanol–water partition coefficient (Wildman–Crippen LogP) is 2.97. The van der Waals surface area contributed by atoms with E-state index >= 15 is 0 Å². The number of carbonyl (C=O) groups is 2. The van der Waals surface area contributed by atoms with E-state index in [1.807, 2.05) is 11.8 Å². The van der Waals surface area contributed by atoms with E-state index in [1.54, 1.807) is 42.2 Å². The van der Waals surface area contributed by atoms with Crippen LogP contribution in [-0.2, 0) is 11.3 Å². The summed E-state index contributed by atoms with van der Waals surface area (Å²) in [5.41, 5.74) is 1.83. The fraction of sp³-hybridized carbons (Fsp3) is 0.250. The van der Waals surface area contributed by atoms with E-state index in [-0.39, 0.29) is 23.6 Å². The van der Waals surface area contributed by atoms with E-state index in [9.17, 15) is 23.2 Å². The average Bonchev–Trinajstić information content (AvgIpc) is 2.92. The first-order valence-electron chi connectivity index (χ1n) is 12.4. The summed E-state index contributed by atoms with van der Waals surface area (Å²) in [6, 6.07) is 12.7. The molecule has 2 aromatic heterocycles. The van der Waals surface area contributed by atoms with Gasteiger partial charge in [0.1, 0.15) is 11.6 Å². The topological polar surface area (TPSA) is 100 Å². The van der Waals surface area contributed by atoms with Gasteiger partial charge in [-0.25, -0.2) is 13.8 Å². The van der Waals surface area contributed by atoms with Crippen LogP contribution in [0.3, 0.4) is 0 Å². The largest absolute Gasteiger partial charge is 0.348 e. The van der Waals surface area contributed by atoms with Crippen molar-refractivity contribution in [2.24, 2.45) is 0 Å². The van der Waals surface area contributed by atoms with Gasteiger partial charge in [0.15, 0.2) is 5.65 Å². The Morgan fingerprint density at radius 1 is 0.949 bits per heavy atom. The van der Waals surface area contributed by atoms with Gasteiger partial charge in [0, 0.05) is 68.3 Å². The van der Waals surface area contributed by atoms with E-state index in [4.69, 9.17) is 4.98 Å². The quantitative estimate of drug-likeness (QED) is 0.424. The lowest BCUT2D eigenvalue weighted by Crippen LogP contribution is -2.48. The smallest absolute Gasteiger partial charge is 0.256 e. The number of hydrogen-bond donors (Lipinski definition) is 1. The summed E-state index contributed by atoms with van der Waals surface area (Å²) in [7, 11) is 0. The van der Waals surface area contributed by atoms with E-state index in [0.29, 0.717) is 60.1 Å². The summed E-state index contributed by atoms with van der Waals surface area (Å²) in [4.78, 5) is 50.4. The molecule has 1 saturated heterocycles. The lowest BCUT2D eigenvalue weighted by atomic mass is 10.1. The van der Waals surface area contributed by atoms with Crippen LogP contribution < -0.4 is 15.8 Å². The monoisotopic (exact) mass is 532 g/mol. The van der Waals surface area contributed by atoms with Crippen molar-refractivity contribution in [3.05, 3.63) is 93.4 Å². The van der Waals surface area contributed by atoms with Gasteiger partial charge in [0.25, 0.3) is 11.5 Å². The molecule has 4 aromatic rings. The molecule has 0 spiro atoms. The molecule has 3 heterocycles. The average molecular weight is 533 g/mol. The zero-order valence-electron chi connectivity index (χ0n) is 21.4. The number of pyridine rings is 1. The number of anilines is 1. The first-order chi connectivity index (χ1) is 18.7. The molecule has 9 nitrogen and oxygen atoms in total. The molecule has 39 heavy (non-hydrogen) atoms. The number of rotatable bonds is 5. The number of fused-ring (bicyclic) bond motifs is 1. The van der Waals surface area contributed by atoms with Crippen molar-refractivity contribution < 1.29 is 18.4 Å². The zero-order chi connectivity index (χ0) is 27.7. The van der Waals surface area contributed by atoms with Crippen molar-refractivity contribution in [1.82, 2.24) is 24.8 Å². The molecule has 0 aliphatic carbocycles. The molecule has 0 atom stereocenters. The molecular weight excluding hydrogens is 506 g/mol. The predicted molar refractivity (Wildman–Crippen MR) is 142 cm³/mol. The Kier molecular flexibility index (Phi) is 7.05. The fourth-order valence-corrected chi connectivity index (χ4v) is 4.57. The summed E-state index contributed by atoms with van der Waals surface area (Å²) in [6.07, 6.45) is 0. The molecule has 0 unspecified atom stereocenters. The normalized spacial score (nSPS) is 13.5. The lowest BCUT2D eigenvalue weighted by Gasteiger charge is -2.34. The number of aryl methyl sites for hydroxylation is 1. The molecule has 0 radical (unpaired) electrons. The van der Waals surface area contributed by atoms with Crippen LogP contribution in [0.2, 0.25) is 0 Å². The number of nitrogens with one attached hydrogen (secondary N) is 1. The van der Waals surface area contributed by atoms with Gasteiger partial charge >= 0.3 is 0 Å². The van der Waals surface area contributed by atoms with Crippen LogP contribution in [0.5, 0.6) is 0 Å². The minimum atomic E-state index is -0.738. The highest BCUT2D eigenvalue weighted by Gasteiger charge is 2.22. The van der Waals surface area contributed by atoms with Gasteiger partial charge < -0.3 is 15.1 Å². The Morgan fingerprint density at radius 2 is 1.67 bits per heavy atom. The van der Waals surface area contributed by atoms with Crippen molar-refractivity contribution in [3.8, 4) is 5.69 Å². The van der Waals surface area contributed by atoms with Crippen molar-refractivity contribution in [2.75, 3.05) is 31.1 Å². The molecule has 1 aliphatic heterocycles. The third-order valence-corrected chi connectivity index (χ3v) is 6.78. The number of piperazine rings is 1. The third-order valence-electron chi connectivity index (χ3n) is 6.78. The van der Waals surface area contributed by atoms with Crippen LogP contribution in [0.1, 0.15) is 28.5 Å². The maximum atomic E-state index is 13.9. The number of nitrogens with zero attached hydrogens (tertiary/aromatic N) is 5. The third kappa shape index (κ3) is 5.33. The Hall–Kier alpha value is -4.67. The Labute approximate surface area is 222 Å². The highest BCUT2D eigenvalue weighted by molar-refractivity contribution is 5.94. The van der Waals surface area contributed by atoms with Gasteiger partial charge in [-0.3, -0.25) is 19.0 Å². The van der Waals surface area contributed by atoms with Crippen LogP contribution in [0.15, 0.2) is 59.4 Å². The minimum absolute atomic E-state index is 0.0267. The molecule has 1 fully saturated rings. The summed E-state index contributed by atoms with van der Waals surface area (Å²) in [5, 5.41) is 3.33. The van der Waals surface area contributed by atoms with Crippen molar-refractivity contribution >= 4 is 28.8 Å². The first-order valence-corrected chi connectivity index (χ1v) is 12.4. The van der Waals surface area contributed by atoms with Gasteiger partial charge in [-0.2, -0.15) is 4.98 Å². The molecule has 2 aromatic carbocycles. The van der Waals surface area contributed by atoms with Crippen LogP contribution >= 0.6 is 0 Å². The molecular formula is C28H26F2N6O3. The Bertz CT molecular complexity index is 1630. The van der Waals surface area contributed by atoms with E-state index in [1.165, 1.54) is 16.7 Å². The molecule has 5 rings (SSSR count). The highest BCUT2D eigenvalue weighted by Crippen LogP contribution is 2.22. The van der Waals surface area contributed by atoms with Crippen LogP contribution in [0.25, 0.3) is 16.7 Å². The van der Waals surface area contributed by atoms with Gasteiger partial charge in [0.05, 0.1) is 11.4 Å². The second kappa shape index (κ2) is 10.6. The molecule has 1 aliphatic rings. The zero-order valence-corrected chi connectivity index (χ0v) is 21.4. The van der Waals surface area contributed by atoms with Crippen molar-refractivity contribution in [2.45, 2.75) is 20.4 Å². The highest BCUT2D eigenvalue weighted by atomic mass is 19.1. The summed E-state index contributed by atoms with van der Waals surface area (Å²) in [5.74, 6) is -1.37. The maximum Gasteiger partial charge on any atom is 0.256 e. The lowest BCUT2D eigenvalue weighted by molar-refractivity contribution is -0.129. The van der Waals surface area contributed by atoms with Crippen molar-refractivity contribution in [1.29, 1.82) is 0 Å². The summed E-state index contributed by atoms with van der Waals surface area (Å²) in [6.45, 7) is 5.58. The maximum absolute atomic E-state index is 13.9. The van der Waals surface area contributed by atoms with Gasteiger partial charge in [0.2, 0.25) is 11.9 Å². The number of carbonyl (C=O) groups excluding carboxylic acids is 2.